The third kappa shape index (κ3) is 3.16. The zero-order valence-corrected chi connectivity index (χ0v) is 12.9. The lowest BCUT2D eigenvalue weighted by Crippen LogP contribution is -2.18. The average Bonchev–Trinajstić information content (AvgIpc) is 2.74. The Morgan fingerprint density at radius 2 is 2.26 bits per heavy atom. The Kier molecular flexibility index (Phi) is 4.27. The van der Waals surface area contributed by atoms with Crippen LogP contribution < -0.4 is 5.32 Å². The van der Waals surface area contributed by atoms with E-state index in [1.165, 1.54) is 0 Å². The van der Waals surface area contributed by atoms with Crippen LogP contribution in [0.1, 0.15) is 30.4 Å². The maximum Gasteiger partial charge on any atom is 0.272 e. The van der Waals surface area contributed by atoms with Gasteiger partial charge >= 0.3 is 0 Å². The molecule has 0 aromatic carbocycles. The molecule has 0 saturated carbocycles. The van der Waals surface area contributed by atoms with Gasteiger partial charge in [-0.15, -0.1) is 0 Å². The fraction of sp³-hybridized carbons (Fsp3) is 0.231. The molecule has 1 N–H and O–H groups in total. The second kappa shape index (κ2) is 5.75. The van der Waals surface area contributed by atoms with Crippen molar-refractivity contribution in [1.82, 2.24) is 9.55 Å². The van der Waals surface area contributed by atoms with E-state index in [1.54, 1.807) is 24.4 Å². The van der Waals surface area contributed by atoms with E-state index in [0.29, 0.717) is 11.4 Å². The minimum absolute atomic E-state index is 0.191. The maximum atomic E-state index is 12.3. The average molecular weight is 343 g/mol. The SMILES string of the molecule is CC(C)n1cc(Br)cc1C(=O)Nc1cccnc1Cl. The Morgan fingerprint density at radius 1 is 1.53 bits per heavy atom. The van der Waals surface area contributed by atoms with Gasteiger partial charge in [-0.25, -0.2) is 4.98 Å². The van der Waals surface area contributed by atoms with Crippen LogP contribution in [0.15, 0.2) is 35.1 Å². The van der Waals surface area contributed by atoms with Gasteiger partial charge in [-0.1, -0.05) is 11.6 Å². The predicted molar refractivity (Wildman–Crippen MR) is 79.7 cm³/mol. The number of hydrogen-bond acceptors (Lipinski definition) is 2. The van der Waals surface area contributed by atoms with Crippen LogP contribution in [0.5, 0.6) is 0 Å². The highest BCUT2D eigenvalue weighted by atomic mass is 79.9. The zero-order valence-electron chi connectivity index (χ0n) is 10.5. The van der Waals surface area contributed by atoms with Crippen molar-refractivity contribution in [2.24, 2.45) is 0 Å². The summed E-state index contributed by atoms with van der Waals surface area (Å²) in [4.78, 5) is 16.2. The molecule has 1 amide bonds. The predicted octanol–water partition coefficient (Wildman–Crippen LogP) is 4.13. The summed E-state index contributed by atoms with van der Waals surface area (Å²) in [6.07, 6.45) is 3.45. The first kappa shape index (κ1) is 14.1. The van der Waals surface area contributed by atoms with Gasteiger partial charge in [0.1, 0.15) is 5.69 Å². The molecule has 0 aliphatic carbocycles. The van der Waals surface area contributed by atoms with Crippen LogP contribution in [0.4, 0.5) is 5.69 Å². The van der Waals surface area contributed by atoms with Gasteiger partial charge in [0, 0.05) is 22.9 Å². The zero-order chi connectivity index (χ0) is 14.0. The number of carbonyl (C=O) groups excluding carboxylic acids is 1. The highest BCUT2D eigenvalue weighted by Gasteiger charge is 2.16. The molecule has 2 aromatic rings. The van der Waals surface area contributed by atoms with Crippen molar-refractivity contribution in [3.8, 4) is 0 Å². The normalized spacial score (nSPS) is 10.8. The van der Waals surface area contributed by atoms with Gasteiger partial charge in [-0.2, -0.15) is 0 Å². The minimum atomic E-state index is -0.214. The second-order valence-corrected chi connectivity index (χ2v) is 5.61. The molecule has 0 saturated heterocycles. The molecule has 0 spiro atoms. The van der Waals surface area contributed by atoms with Crippen molar-refractivity contribution in [2.45, 2.75) is 19.9 Å². The largest absolute Gasteiger partial charge is 0.340 e. The molecule has 19 heavy (non-hydrogen) atoms. The highest BCUT2D eigenvalue weighted by Crippen LogP contribution is 2.22. The number of carbonyl (C=O) groups is 1. The van der Waals surface area contributed by atoms with Crippen molar-refractivity contribution >= 4 is 39.1 Å². The molecule has 0 unspecified atom stereocenters. The van der Waals surface area contributed by atoms with Crippen LogP contribution in [-0.2, 0) is 0 Å². The van der Waals surface area contributed by atoms with Gasteiger partial charge in [-0.05, 0) is 48.0 Å². The standard InChI is InChI=1S/C13H13BrClN3O/c1-8(2)18-7-9(14)6-11(18)13(19)17-10-4-3-5-16-12(10)15/h3-8H,1-2H3,(H,17,19). The Balaban J connectivity index is 2.28. The second-order valence-electron chi connectivity index (χ2n) is 4.34. The van der Waals surface area contributed by atoms with Crippen molar-refractivity contribution in [2.75, 3.05) is 5.32 Å². The van der Waals surface area contributed by atoms with E-state index in [-0.39, 0.29) is 17.1 Å². The number of anilines is 1. The summed E-state index contributed by atoms with van der Waals surface area (Å²) >= 11 is 9.30. The van der Waals surface area contributed by atoms with E-state index in [0.717, 1.165) is 4.47 Å². The van der Waals surface area contributed by atoms with Crippen LogP contribution in [-0.4, -0.2) is 15.5 Å². The quantitative estimate of drug-likeness (QED) is 0.852. The Hall–Kier alpha value is -1.33. The summed E-state index contributed by atoms with van der Waals surface area (Å²) in [6, 6.07) is 5.40. The highest BCUT2D eigenvalue weighted by molar-refractivity contribution is 9.10. The third-order valence-electron chi connectivity index (χ3n) is 2.61. The van der Waals surface area contributed by atoms with Gasteiger partial charge < -0.3 is 9.88 Å². The van der Waals surface area contributed by atoms with E-state index in [9.17, 15) is 4.79 Å². The monoisotopic (exact) mass is 341 g/mol. The van der Waals surface area contributed by atoms with Gasteiger partial charge in [0.05, 0.1) is 5.69 Å². The summed E-state index contributed by atoms with van der Waals surface area (Å²) in [5.41, 5.74) is 1.07. The third-order valence-corrected chi connectivity index (χ3v) is 3.35. The Morgan fingerprint density at radius 3 is 2.89 bits per heavy atom. The molecule has 2 rings (SSSR count). The molecule has 0 atom stereocenters. The number of amides is 1. The number of nitrogens with zero attached hydrogens (tertiary/aromatic N) is 2. The summed E-state index contributed by atoms with van der Waals surface area (Å²) in [6.45, 7) is 4.03. The van der Waals surface area contributed by atoms with E-state index < -0.39 is 0 Å². The summed E-state index contributed by atoms with van der Waals surface area (Å²) in [5.74, 6) is -0.214. The molecule has 100 valence electrons. The number of hydrogen-bond donors (Lipinski definition) is 1. The van der Waals surface area contributed by atoms with Gasteiger partial charge in [0.15, 0.2) is 5.15 Å². The molecule has 6 heteroatoms. The first-order valence-electron chi connectivity index (χ1n) is 5.78. The molecular weight excluding hydrogens is 330 g/mol. The van der Waals surface area contributed by atoms with Crippen LogP contribution in [0.25, 0.3) is 0 Å². The molecule has 0 aliphatic rings. The van der Waals surface area contributed by atoms with Crippen molar-refractivity contribution in [3.05, 3.63) is 45.9 Å². The van der Waals surface area contributed by atoms with Gasteiger partial charge in [-0.3, -0.25) is 4.79 Å². The molecule has 2 aromatic heterocycles. The fourth-order valence-electron chi connectivity index (χ4n) is 1.72. The van der Waals surface area contributed by atoms with Crippen molar-refractivity contribution < 1.29 is 4.79 Å². The first-order valence-corrected chi connectivity index (χ1v) is 6.95. The molecular formula is C13H13BrClN3O. The Labute approximate surface area is 124 Å². The summed E-state index contributed by atoms with van der Waals surface area (Å²) < 4.78 is 2.76. The van der Waals surface area contributed by atoms with Crippen molar-refractivity contribution in [1.29, 1.82) is 0 Å². The smallest absolute Gasteiger partial charge is 0.272 e. The first-order chi connectivity index (χ1) is 8.99. The lowest BCUT2D eigenvalue weighted by molar-refractivity contribution is 0.101. The molecule has 0 radical (unpaired) electrons. The van der Waals surface area contributed by atoms with Crippen LogP contribution in [0.3, 0.4) is 0 Å². The van der Waals surface area contributed by atoms with E-state index in [2.05, 4.69) is 26.2 Å². The number of rotatable bonds is 3. The van der Waals surface area contributed by atoms with Gasteiger partial charge in [0.25, 0.3) is 5.91 Å². The van der Waals surface area contributed by atoms with Crippen LogP contribution in [0.2, 0.25) is 5.15 Å². The molecule has 0 fully saturated rings. The van der Waals surface area contributed by atoms with E-state index in [1.807, 2.05) is 24.6 Å². The number of nitrogens with one attached hydrogen (secondary N) is 1. The molecule has 4 nitrogen and oxygen atoms in total. The van der Waals surface area contributed by atoms with Crippen LogP contribution in [0, 0.1) is 0 Å². The summed E-state index contributed by atoms with van der Waals surface area (Å²) in [7, 11) is 0. The van der Waals surface area contributed by atoms with Gasteiger partial charge in [0.2, 0.25) is 0 Å². The molecule has 0 bridgehead atoms. The number of halogens is 2. The topological polar surface area (TPSA) is 46.9 Å². The van der Waals surface area contributed by atoms with E-state index >= 15 is 0 Å². The molecule has 2 heterocycles. The number of aromatic nitrogens is 2. The lowest BCUT2D eigenvalue weighted by atomic mass is 10.3. The number of pyridine rings is 1. The maximum absolute atomic E-state index is 12.3. The lowest BCUT2D eigenvalue weighted by Gasteiger charge is -2.13. The van der Waals surface area contributed by atoms with Crippen LogP contribution >= 0.6 is 27.5 Å². The Bertz CT molecular complexity index is 610. The summed E-state index contributed by atoms with van der Waals surface area (Å²) in [5, 5.41) is 3.04. The fourth-order valence-corrected chi connectivity index (χ4v) is 2.32. The van der Waals surface area contributed by atoms with Crippen molar-refractivity contribution in [3.63, 3.8) is 0 Å². The molecule has 0 aliphatic heterocycles. The minimum Gasteiger partial charge on any atom is -0.340 e. The van der Waals surface area contributed by atoms with E-state index in [4.69, 9.17) is 11.6 Å².